The topological polar surface area (TPSA) is 105 Å². The molecule has 2 aliphatic heterocycles. The molecule has 2 aliphatic rings. The van der Waals surface area contributed by atoms with Gasteiger partial charge >= 0.3 is 12.3 Å². The lowest BCUT2D eigenvalue weighted by atomic mass is 10.1. The molecule has 39 heavy (non-hydrogen) atoms. The van der Waals surface area contributed by atoms with E-state index in [1.54, 1.807) is 24.3 Å². The Hall–Kier alpha value is -3.55. The lowest BCUT2D eigenvalue weighted by Crippen LogP contribution is -2.50. The predicted octanol–water partition coefficient (Wildman–Crippen LogP) is 5.17. The van der Waals surface area contributed by atoms with Crippen molar-refractivity contribution >= 4 is 57.6 Å². The molecule has 0 radical (unpaired) electrons. The van der Waals surface area contributed by atoms with Gasteiger partial charge in [-0.25, -0.2) is 4.79 Å². The number of hydrogen-bond acceptors (Lipinski definition) is 6. The van der Waals surface area contributed by atoms with Gasteiger partial charge in [-0.2, -0.15) is 18.3 Å². The lowest BCUT2D eigenvalue weighted by molar-refractivity contribution is -0.138. The minimum Gasteiger partial charge on any atom is -0.465 e. The van der Waals surface area contributed by atoms with Crippen molar-refractivity contribution in [2.24, 2.45) is 0 Å². The number of alkyl halides is 3. The van der Waals surface area contributed by atoms with Crippen LogP contribution in [0.15, 0.2) is 47.5 Å². The maximum Gasteiger partial charge on any atom is 0.416 e. The van der Waals surface area contributed by atoms with E-state index in [0.29, 0.717) is 16.5 Å². The van der Waals surface area contributed by atoms with Crippen LogP contribution in [0.3, 0.4) is 0 Å². The zero-order valence-electron chi connectivity index (χ0n) is 20.0. The molecule has 9 nitrogen and oxygen atoms in total. The molecular weight excluding hydrogens is 561 g/mol. The second-order valence-electron chi connectivity index (χ2n) is 8.93. The Balaban J connectivity index is 1.33. The Bertz CT molecular complexity index is 1510. The molecule has 2 saturated heterocycles. The van der Waals surface area contributed by atoms with Crippen molar-refractivity contribution in [1.82, 2.24) is 19.6 Å². The van der Waals surface area contributed by atoms with E-state index < -0.39 is 35.1 Å². The first-order valence-corrected chi connectivity index (χ1v) is 12.8. The van der Waals surface area contributed by atoms with Gasteiger partial charge in [0.25, 0.3) is 11.1 Å². The molecule has 204 valence electrons. The number of amides is 3. The lowest BCUT2D eigenvalue weighted by Gasteiger charge is -2.32. The van der Waals surface area contributed by atoms with Crippen molar-refractivity contribution in [1.29, 1.82) is 0 Å². The quantitative estimate of drug-likeness (QED) is 0.415. The molecular formula is C25H20ClF3N4O5S. The molecule has 0 aliphatic carbocycles. The number of halogens is 4. The molecule has 3 amide bonds. The van der Waals surface area contributed by atoms with E-state index in [1.165, 1.54) is 27.9 Å². The number of imide groups is 1. The van der Waals surface area contributed by atoms with Crippen LogP contribution in [-0.4, -0.2) is 74.3 Å². The number of rotatable bonds is 5. The molecule has 1 aromatic heterocycles. The molecule has 0 saturated carbocycles. The third kappa shape index (κ3) is 5.75. The van der Waals surface area contributed by atoms with Crippen molar-refractivity contribution < 1.29 is 37.4 Å². The van der Waals surface area contributed by atoms with Crippen molar-refractivity contribution in [2.45, 2.75) is 18.8 Å². The Morgan fingerprint density at radius 3 is 2.77 bits per heavy atom. The van der Waals surface area contributed by atoms with Crippen LogP contribution in [0.1, 0.15) is 16.7 Å². The molecule has 5 rings (SSSR count). The van der Waals surface area contributed by atoms with E-state index in [1.807, 2.05) is 0 Å². The summed E-state index contributed by atoms with van der Waals surface area (Å²) < 4.78 is 47.5. The van der Waals surface area contributed by atoms with Gasteiger partial charge < -0.3 is 14.7 Å². The van der Waals surface area contributed by atoms with E-state index in [9.17, 15) is 32.7 Å². The van der Waals surface area contributed by atoms with Crippen LogP contribution < -0.4 is 0 Å². The molecule has 1 N–H and O–H groups in total. The summed E-state index contributed by atoms with van der Waals surface area (Å²) in [5.41, 5.74) is 0.366. The van der Waals surface area contributed by atoms with Gasteiger partial charge in [-0.05, 0) is 53.2 Å². The molecule has 2 fully saturated rings. The normalized spacial score (nSPS) is 19.5. The van der Waals surface area contributed by atoms with Gasteiger partial charge in [0.15, 0.2) is 0 Å². The van der Waals surface area contributed by atoms with Crippen LogP contribution in [-0.2, 0) is 22.3 Å². The minimum absolute atomic E-state index is 0.0149. The first-order valence-electron chi connectivity index (χ1n) is 11.7. The fourth-order valence-corrected chi connectivity index (χ4v) is 5.47. The number of morpholine rings is 1. The number of ether oxygens (including phenoxy) is 1. The smallest absolute Gasteiger partial charge is 0.416 e. The molecule has 2 aromatic carbocycles. The van der Waals surface area contributed by atoms with Crippen molar-refractivity contribution in [3.05, 3.63) is 69.2 Å². The summed E-state index contributed by atoms with van der Waals surface area (Å²) in [5, 5.41) is 13.6. The average Bonchev–Trinajstić information content (AvgIpc) is 3.39. The maximum atomic E-state index is 13.5. The zero-order chi connectivity index (χ0) is 27.9. The minimum atomic E-state index is -4.57. The van der Waals surface area contributed by atoms with Crippen LogP contribution in [0.5, 0.6) is 0 Å². The third-order valence-corrected chi connectivity index (χ3v) is 7.47. The summed E-state index contributed by atoms with van der Waals surface area (Å²) in [6.45, 7) is 0.248. The van der Waals surface area contributed by atoms with Crippen LogP contribution in [0.2, 0.25) is 5.02 Å². The number of hydrogen-bond donors (Lipinski definition) is 1. The second kappa shape index (κ2) is 10.5. The van der Waals surface area contributed by atoms with Crippen LogP contribution in [0.25, 0.3) is 17.0 Å². The molecule has 0 bridgehead atoms. The van der Waals surface area contributed by atoms with Gasteiger partial charge in [-0.15, -0.1) is 0 Å². The van der Waals surface area contributed by atoms with Crippen molar-refractivity contribution in [2.75, 3.05) is 26.2 Å². The first kappa shape index (κ1) is 27.0. The summed E-state index contributed by atoms with van der Waals surface area (Å²) in [6, 6.07) is 8.67. The number of carboxylic acid groups (broad SMARTS) is 1. The van der Waals surface area contributed by atoms with E-state index in [4.69, 9.17) is 16.3 Å². The van der Waals surface area contributed by atoms with Crippen molar-refractivity contribution in [3.8, 4) is 0 Å². The number of benzene rings is 2. The molecule has 0 spiro atoms. The molecule has 0 unspecified atom stereocenters. The number of thioether (sulfide) groups is 1. The zero-order valence-corrected chi connectivity index (χ0v) is 21.6. The van der Waals surface area contributed by atoms with E-state index in [-0.39, 0.29) is 48.3 Å². The largest absolute Gasteiger partial charge is 0.465 e. The number of carbonyl (C=O) groups excluding carboxylic acids is 2. The van der Waals surface area contributed by atoms with Crippen LogP contribution in [0.4, 0.5) is 22.8 Å². The second-order valence-corrected chi connectivity index (χ2v) is 10.4. The Labute approximate surface area is 228 Å². The van der Waals surface area contributed by atoms with Gasteiger partial charge in [-0.3, -0.25) is 19.2 Å². The number of carbonyl (C=O) groups is 3. The fourth-order valence-electron chi connectivity index (χ4n) is 4.45. The van der Waals surface area contributed by atoms with E-state index >= 15 is 0 Å². The predicted molar refractivity (Wildman–Crippen MR) is 137 cm³/mol. The fraction of sp³-hybridized carbons (Fsp3) is 0.280. The highest BCUT2D eigenvalue weighted by atomic mass is 35.5. The summed E-state index contributed by atoms with van der Waals surface area (Å²) in [6.07, 6.45) is -3.23. The number of aromatic nitrogens is 2. The van der Waals surface area contributed by atoms with Gasteiger partial charge in [0.1, 0.15) is 0 Å². The van der Waals surface area contributed by atoms with Gasteiger partial charge in [0, 0.05) is 17.0 Å². The Morgan fingerprint density at radius 1 is 1.23 bits per heavy atom. The molecule has 3 heterocycles. The summed E-state index contributed by atoms with van der Waals surface area (Å²) in [5.74, 6) is -0.515. The molecule has 14 heteroatoms. The third-order valence-electron chi connectivity index (χ3n) is 6.33. The highest BCUT2D eigenvalue weighted by molar-refractivity contribution is 8.18. The summed E-state index contributed by atoms with van der Waals surface area (Å²) >= 11 is 6.54. The highest BCUT2D eigenvalue weighted by Crippen LogP contribution is 2.35. The van der Waals surface area contributed by atoms with Gasteiger partial charge in [0.2, 0.25) is 0 Å². The van der Waals surface area contributed by atoms with Crippen LogP contribution in [0, 0.1) is 0 Å². The number of nitrogens with zero attached hydrogens (tertiary/aromatic N) is 4. The standard InChI is InChI=1S/C25H20ClF3N4O5S/c26-17-3-2-15(19(9-17)25(27,28)29)11-33-20-4-1-14(7-16(20)10-30-33)8-21-22(34)32(24(37)39-21)13-18-12-31(23(35)36)5-6-38-18/h1-4,7-10,18H,5-6,11-13H2,(H,35,36)/t18-/m0/s1. The van der Waals surface area contributed by atoms with E-state index in [0.717, 1.165) is 22.7 Å². The highest BCUT2D eigenvalue weighted by Gasteiger charge is 2.38. The SMILES string of the molecule is O=C(O)N1CCO[C@H](CN2C(=O)SC(=Cc3ccc4c(cnn4Cc4ccc(Cl)cc4C(F)(F)F)c3)C2=O)C1. The average molecular weight is 581 g/mol. The monoisotopic (exact) mass is 580 g/mol. The van der Waals surface area contributed by atoms with Gasteiger partial charge in [-0.1, -0.05) is 23.7 Å². The van der Waals surface area contributed by atoms with Gasteiger partial charge in [0.05, 0.1) is 54.5 Å². The maximum absolute atomic E-state index is 13.5. The first-order chi connectivity index (χ1) is 18.5. The Kier molecular flexibility index (Phi) is 7.31. The van der Waals surface area contributed by atoms with E-state index in [2.05, 4.69) is 5.10 Å². The molecule has 3 aromatic rings. The summed E-state index contributed by atoms with van der Waals surface area (Å²) in [4.78, 5) is 39.1. The number of fused-ring (bicyclic) bond motifs is 1. The molecule has 1 atom stereocenters. The Morgan fingerprint density at radius 2 is 2.03 bits per heavy atom. The van der Waals surface area contributed by atoms with Crippen molar-refractivity contribution in [3.63, 3.8) is 0 Å². The van der Waals surface area contributed by atoms with Crippen LogP contribution >= 0.6 is 23.4 Å². The summed E-state index contributed by atoms with van der Waals surface area (Å²) in [7, 11) is 0.